The van der Waals surface area contributed by atoms with E-state index >= 15 is 0 Å². The van der Waals surface area contributed by atoms with Gasteiger partial charge in [-0.25, -0.2) is 0 Å². The summed E-state index contributed by atoms with van der Waals surface area (Å²) in [5, 5.41) is 5.28. The van der Waals surface area contributed by atoms with Crippen LogP contribution < -0.4 is 0 Å². The van der Waals surface area contributed by atoms with E-state index in [0.717, 1.165) is 6.54 Å². The van der Waals surface area contributed by atoms with Crippen molar-refractivity contribution in [2.75, 3.05) is 0 Å². The summed E-state index contributed by atoms with van der Waals surface area (Å²) in [4.78, 5) is 0. The van der Waals surface area contributed by atoms with Crippen molar-refractivity contribution in [2.24, 2.45) is 0 Å². The monoisotopic (exact) mass is 360 g/mol. The lowest BCUT2D eigenvalue weighted by Crippen LogP contribution is -1.95. The lowest BCUT2D eigenvalue weighted by atomic mass is 10.1. The molecule has 0 amide bonds. The molecule has 0 radical (unpaired) electrons. The molecule has 2 heterocycles. The van der Waals surface area contributed by atoms with Gasteiger partial charge in [0.2, 0.25) is 0 Å². The Morgan fingerprint density at radius 1 is 0.536 bits per heavy atom. The molecule has 0 aliphatic carbocycles. The zero-order chi connectivity index (χ0) is 18.7. The lowest BCUT2D eigenvalue weighted by molar-refractivity contribution is 0.827. The van der Waals surface area contributed by atoms with Crippen molar-refractivity contribution in [3.63, 3.8) is 0 Å². The molecular formula is C26H20N2. The first-order valence-corrected chi connectivity index (χ1v) is 9.86. The molecule has 2 nitrogen and oxygen atoms in total. The summed E-state index contributed by atoms with van der Waals surface area (Å²) in [5.41, 5.74) is 6.33. The van der Waals surface area contributed by atoms with E-state index in [2.05, 4.69) is 107 Å². The fraction of sp³-hybridized carbons (Fsp3) is 0.0769. The molecule has 0 atom stereocenters. The average molecular weight is 360 g/mol. The fourth-order valence-corrected chi connectivity index (χ4v) is 4.71. The Labute approximate surface area is 163 Å². The predicted octanol–water partition coefficient (Wildman–Crippen LogP) is 6.91. The predicted molar refractivity (Wildman–Crippen MR) is 119 cm³/mol. The van der Waals surface area contributed by atoms with Crippen LogP contribution in [0.25, 0.3) is 49.3 Å². The highest BCUT2D eigenvalue weighted by atomic mass is 15.0. The number of hydrogen-bond donors (Lipinski definition) is 0. The van der Waals surface area contributed by atoms with Crippen LogP contribution in [0, 0.1) is 0 Å². The van der Waals surface area contributed by atoms with Crippen LogP contribution in [0.15, 0.2) is 91.0 Å². The van der Waals surface area contributed by atoms with E-state index in [9.17, 15) is 0 Å². The van der Waals surface area contributed by atoms with Crippen molar-refractivity contribution in [3.8, 4) is 5.69 Å². The molecule has 0 unspecified atom stereocenters. The van der Waals surface area contributed by atoms with Crippen LogP contribution in [-0.2, 0) is 6.54 Å². The Bertz CT molecular complexity index is 1480. The number of hydrogen-bond acceptors (Lipinski definition) is 0. The SMILES string of the molecule is CCn1c2ccccc2c2cc3c4ccccc4n(-c4ccccc4)c3cc21. The fourth-order valence-electron chi connectivity index (χ4n) is 4.71. The van der Waals surface area contributed by atoms with E-state index in [1.807, 2.05) is 0 Å². The van der Waals surface area contributed by atoms with Gasteiger partial charge >= 0.3 is 0 Å². The molecule has 2 heteroatoms. The van der Waals surface area contributed by atoms with Crippen molar-refractivity contribution < 1.29 is 0 Å². The topological polar surface area (TPSA) is 9.86 Å². The Hall–Kier alpha value is -3.52. The number of fused-ring (bicyclic) bond motifs is 6. The highest BCUT2D eigenvalue weighted by Crippen LogP contribution is 2.38. The zero-order valence-corrected chi connectivity index (χ0v) is 15.8. The molecule has 0 N–H and O–H groups in total. The summed E-state index contributed by atoms with van der Waals surface area (Å²) in [6, 6.07) is 32.9. The largest absolute Gasteiger partial charge is 0.341 e. The second-order valence-corrected chi connectivity index (χ2v) is 7.34. The van der Waals surface area contributed by atoms with Crippen LogP contribution in [0.4, 0.5) is 0 Å². The Kier molecular flexibility index (Phi) is 3.18. The minimum Gasteiger partial charge on any atom is -0.341 e. The van der Waals surface area contributed by atoms with Crippen molar-refractivity contribution in [2.45, 2.75) is 13.5 Å². The van der Waals surface area contributed by atoms with Crippen molar-refractivity contribution in [1.29, 1.82) is 0 Å². The molecule has 0 saturated carbocycles. The molecule has 0 aliphatic rings. The van der Waals surface area contributed by atoms with Gasteiger partial charge in [-0.05, 0) is 43.3 Å². The van der Waals surface area contributed by atoms with Gasteiger partial charge in [-0.2, -0.15) is 0 Å². The summed E-state index contributed by atoms with van der Waals surface area (Å²) < 4.78 is 4.82. The molecule has 0 spiro atoms. The molecule has 6 rings (SSSR count). The summed E-state index contributed by atoms with van der Waals surface area (Å²) in [7, 11) is 0. The summed E-state index contributed by atoms with van der Waals surface area (Å²) in [5.74, 6) is 0. The van der Waals surface area contributed by atoms with Crippen LogP contribution in [0.5, 0.6) is 0 Å². The highest BCUT2D eigenvalue weighted by molar-refractivity contribution is 6.18. The summed E-state index contributed by atoms with van der Waals surface area (Å²) in [6.07, 6.45) is 0. The van der Waals surface area contributed by atoms with Gasteiger partial charge in [-0.3, -0.25) is 0 Å². The minimum absolute atomic E-state index is 0.959. The van der Waals surface area contributed by atoms with Crippen molar-refractivity contribution in [3.05, 3.63) is 91.0 Å². The van der Waals surface area contributed by atoms with Gasteiger partial charge in [0.1, 0.15) is 0 Å². The first-order valence-electron chi connectivity index (χ1n) is 9.86. The molecule has 0 saturated heterocycles. The van der Waals surface area contributed by atoms with Gasteiger partial charge in [0.05, 0.1) is 16.6 Å². The number of benzene rings is 4. The van der Waals surface area contributed by atoms with Crippen molar-refractivity contribution >= 4 is 43.6 Å². The van der Waals surface area contributed by atoms with Gasteiger partial charge in [0, 0.05) is 39.3 Å². The number of para-hydroxylation sites is 3. The number of rotatable bonds is 2. The average Bonchev–Trinajstić information content (AvgIpc) is 3.25. The molecule has 28 heavy (non-hydrogen) atoms. The van der Waals surface area contributed by atoms with E-state index in [4.69, 9.17) is 0 Å². The molecule has 134 valence electrons. The van der Waals surface area contributed by atoms with Gasteiger partial charge in [0.25, 0.3) is 0 Å². The molecule has 0 bridgehead atoms. The molecule has 2 aromatic heterocycles. The van der Waals surface area contributed by atoms with Gasteiger partial charge in [0.15, 0.2) is 0 Å². The van der Waals surface area contributed by atoms with Crippen LogP contribution in [0.3, 0.4) is 0 Å². The van der Waals surface area contributed by atoms with Crippen LogP contribution in [0.1, 0.15) is 6.92 Å². The minimum atomic E-state index is 0.959. The Morgan fingerprint density at radius 3 is 1.89 bits per heavy atom. The molecule has 6 aromatic rings. The van der Waals surface area contributed by atoms with Gasteiger partial charge in [-0.1, -0.05) is 54.6 Å². The summed E-state index contributed by atoms with van der Waals surface area (Å²) in [6.45, 7) is 3.18. The third-order valence-corrected chi connectivity index (χ3v) is 5.90. The van der Waals surface area contributed by atoms with Crippen LogP contribution in [-0.4, -0.2) is 9.13 Å². The normalized spacial score (nSPS) is 11.9. The van der Waals surface area contributed by atoms with Crippen LogP contribution in [0.2, 0.25) is 0 Å². The molecule has 0 aliphatic heterocycles. The number of aromatic nitrogens is 2. The molecule has 4 aromatic carbocycles. The van der Waals surface area contributed by atoms with Gasteiger partial charge in [-0.15, -0.1) is 0 Å². The summed E-state index contributed by atoms with van der Waals surface area (Å²) >= 11 is 0. The lowest BCUT2D eigenvalue weighted by Gasteiger charge is -2.08. The quantitative estimate of drug-likeness (QED) is 0.317. The third kappa shape index (κ3) is 1.97. The number of nitrogens with zero attached hydrogens (tertiary/aromatic N) is 2. The maximum absolute atomic E-state index is 2.43. The maximum Gasteiger partial charge on any atom is 0.0562 e. The van der Waals surface area contributed by atoms with E-state index < -0.39 is 0 Å². The third-order valence-electron chi connectivity index (χ3n) is 5.90. The first kappa shape index (κ1) is 15.5. The van der Waals surface area contributed by atoms with Crippen LogP contribution >= 0.6 is 0 Å². The number of aryl methyl sites for hydroxylation is 1. The molecular weight excluding hydrogens is 340 g/mol. The second-order valence-electron chi connectivity index (χ2n) is 7.34. The Balaban J connectivity index is 1.87. The van der Waals surface area contributed by atoms with Crippen molar-refractivity contribution in [1.82, 2.24) is 9.13 Å². The zero-order valence-electron chi connectivity index (χ0n) is 15.8. The smallest absolute Gasteiger partial charge is 0.0562 e. The second kappa shape index (κ2) is 5.74. The Morgan fingerprint density at radius 2 is 1.14 bits per heavy atom. The van der Waals surface area contributed by atoms with E-state index in [1.54, 1.807) is 0 Å². The maximum atomic E-state index is 2.43. The van der Waals surface area contributed by atoms with E-state index in [0.29, 0.717) is 0 Å². The standard InChI is InChI=1S/C26H20N2/c1-2-27-23-14-8-6-12-19(23)21-16-22-20-13-7-9-15-24(20)28(26(22)17-25(21)27)18-10-4-3-5-11-18/h3-17H,2H2,1H3. The molecule has 0 fully saturated rings. The van der Waals surface area contributed by atoms with Gasteiger partial charge < -0.3 is 9.13 Å². The first-order chi connectivity index (χ1) is 13.9. The van der Waals surface area contributed by atoms with E-state index in [1.165, 1.54) is 49.3 Å². The highest BCUT2D eigenvalue weighted by Gasteiger charge is 2.16. The van der Waals surface area contributed by atoms with E-state index in [-0.39, 0.29) is 0 Å².